The van der Waals surface area contributed by atoms with Gasteiger partial charge in [0.15, 0.2) is 0 Å². The minimum Gasteiger partial charge on any atom is -0.352 e. The highest BCUT2D eigenvalue weighted by Gasteiger charge is 2.35. The van der Waals surface area contributed by atoms with Gasteiger partial charge in [0, 0.05) is 30.6 Å². The number of hydrogen-bond donors (Lipinski definition) is 1. The third-order valence-corrected chi connectivity index (χ3v) is 6.56. The van der Waals surface area contributed by atoms with E-state index in [9.17, 15) is 19.2 Å². The summed E-state index contributed by atoms with van der Waals surface area (Å²) in [6.45, 7) is 6.19. The van der Waals surface area contributed by atoms with Crippen LogP contribution in [0.1, 0.15) is 72.7 Å². The summed E-state index contributed by atoms with van der Waals surface area (Å²) in [5.41, 5.74) is 1.64. The summed E-state index contributed by atoms with van der Waals surface area (Å²) < 4.78 is 0. The summed E-state index contributed by atoms with van der Waals surface area (Å²) in [6, 6.07) is 13.3. The highest BCUT2D eigenvalue weighted by molar-refractivity contribution is 6.30. The van der Waals surface area contributed by atoms with Crippen LogP contribution in [0.25, 0.3) is 0 Å². The van der Waals surface area contributed by atoms with Crippen LogP contribution in [-0.4, -0.2) is 52.1 Å². The van der Waals surface area contributed by atoms with E-state index in [1.807, 2.05) is 32.9 Å². The first-order valence-corrected chi connectivity index (χ1v) is 12.4. The van der Waals surface area contributed by atoms with Gasteiger partial charge in [-0.15, -0.1) is 0 Å². The van der Waals surface area contributed by atoms with Crippen LogP contribution >= 0.6 is 11.6 Å². The minimum atomic E-state index is -0.633. The van der Waals surface area contributed by atoms with Gasteiger partial charge in [-0.05, 0) is 56.0 Å². The van der Waals surface area contributed by atoms with Gasteiger partial charge in [-0.1, -0.05) is 49.7 Å². The van der Waals surface area contributed by atoms with Crippen LogP contribution in [0.4, 0.5) is 0 Å². The average Bonchev–Trinajstić information content (AvgIpc) is 3.09. The molecule has 0 unspecified atom stereocenters. The van der Waals surface area contributed by atoms with E-state index in [4.69, 9.17) is 11.6 Å². The van der Waals surface area contributed by atoms with E-state index >= 15 is 0 Å². The van der Waals surface area contributed by atoms with Crippen molar-refractivity contribution in [3.05, 3.63) is 70.2 Å². The molecule has 4 amide bonds. The summed E-state index contributed by atoms with van der Waals surface area (Å²) in [5, 5.41) is 3.57. The number of nitrogens with one attached hydrogen (secondary N) is 1. The van der Waals surface area contributed by atoms with Crippen LogP contribution in [0, 0.1) is 0 Å². The number of benzene rings is 2. The molecule has 2 aromatic rings. The lowest BCUT2D eigenvalue weighted by atomic mass is 10.1. The van der Waals surface area contributed by atoms with Crippen LogP contribution in [0.15, 0.2) is 48.5 Å². The summed E-state index contributed by atoms with van der Waals surface area (Å²) in [6.07, 6.45) is 1.66. The predicted molar refractivity (Wildman–Crippen MR) is 135 cm³/mol. The Labute approximate surface area is 211 Å². The second-order valence-electron chi connectivity index (χ2n) is 8.80. The number of hydrogen-bond acceptors (Lipinski definition) is 4. The van der Waals surface area contributed by atoms with E-state index in [2.05, 4.69) is 5.32 Å². The zero-order valence-corrected chi connectivity index (χ0v) is 21.2. The maximum atomic E-state index is 13.4. The van der Waals surface area contributed by atoms with Crippen molar-refractivity contribution in [2.45, 2.75) is 65.1 Å². The summed E-state index contributed by atoms with van der Waals surface area (Å²) in [7, 11) is 0. The molecule has 2 aromatic carbocycles. The summed E-state index contributed by atoms with van der Waals surface area (Å²) >= 11 is 6.01. The number of amides is 4. The molecule has 0 aromatic heterocycles. The molecule has 1 N–H and O–H groups in total. The quantitative estimate of drug-likeness (QED) is 0.465. The van der Waals surface area contributed by atoms with Crippen LogP contribution in [0.3, 0.4) is 0 Å². The molecule has 8 heteroatoms. The zero-order valence-electron chi connectivity index (χ0n) is 20.4. The number of rotatable bonds is 11. The lowest BCUT2D eigenvalue weighted by Crippen LogP contribution is -2.50. The third-order valence-electron chi connectivity index (χ3n) is 6.30. The van der Waals surface area contributed by atoms with Crippen molar-refractivity contribution in [1.82, 2.24) is 15.1 Å². The fraction of sp³-hybridized carbons (Fsp3) is 0.407. The fourth-order valence-corrected chi connectivity index (χ4v) is 4.25. The average molecular weight is 498 g/mol. The van der Waals surface area contributed by atoms with Gasteiger partial charge < -0.3 is 10.2 Å². The van der Waals surface area contributed by atoms with Gasteiger partial charge in [0.25, 0.3) is 11.8 Å². The van der Waals surface area contributed by atoms with Gasteiger partial charge >= 0.3 is 0 Å². The Kier molecular flexibility index (Phi) is 9.04. The van der Waals surface area contributed by atoms with Crippen LogP contribution < -0.4 is 5.32 Å². The maximum absolute atomic E-state index is 13.4. The topological polar surface area (TPSA) is 86.8 Å². The molecule has 1 aliphatic rings. The van der Waals surface area contributed by atoms with Gasteiger partial charge in [-0.2, -0.15) is 0 Å². The lowest BCUT2D eigenvalue weighted by Gasteiger charge is -2.31. The van der Waals surface area contributed by atoms with E-state index in [0.29, 0.717) is 29.0 Å². The Balaban J connectivity index is 1.71. The molecular weight excluding hydrogens is 466 g/mol. The van der Waals surface area contributed by atoms with E-state index in [0.717, 1.165) is 12.0 Å². The molecule has 0 saturated heterocycles. The molecule has 1 heterocycles. The molecule has 186 valence electrons. The normalized spacial score (nSPS) is 14.5. The van der Waals surface area contributed by atoms with Gasteiger partial charge in [0.1, 0.15) is 6.04 Å². The predicted octanol–water partition coefficient (Wildman–Crippen LogP) is 4.44. The highest BCUT2D eigenvalue weighted by Crippen LogP contribution is 2.23. The molecule has 35 heavy (non-hydrogen) atoms. The first-order chi connectivity index (χ1) is 16.8. The number of halogens is 1. The second-order valence-corrected chi connectivity index (χ2v) is 9.24. The van der Waals surface area contributed by atoms with Gasteiger partial charge in [0.2, 0.25) is 11.8 Å². The molecule has 7 nitrogen and oxygen atoms in total. The molecular formula is C27H32ClN3O4. The van der Waals surface area contributed by atoms with Gasteiger partial charge in [0.05, 0.1) is 11.1 Å². The van der Waals surface area contributed by atoms with Crippen molar-refractivity contribution >= 4 is 35.2 Å². The molecule has 0 spiro atoms. The molecule has 0 fully saturated rings. The van der Waals surface area contributed by atoms with E-state index in [1.54, 1.807) is 41.3 Å². The van der Waals surface area contributed by atoms with Crippen molar-refractivity contribution in [2.24, 2.45) is 0 Å². The van der Waals surface area contributed by atoms with E-state index < -0.39 is 6.04 Å². The van der Waals surface area contributed by atoms with Gasteiger partial charge in [-0.3, -0.25) is 24.1 Å². The van der Waals surface area contributed by atoms with Crippen molar-refractivity contribution in [1.29, 1.82) is 0 Å². The Morgan fingerprint density at radius 3 is 2.11 bits per heavy atom. The molecule has 0 radical (unpaired) electrons. The number of imide groups is 1. The smallest absolute Gasteiger partial charge is 0.261 e. The largest absolute Gasteiger partial charge is 0.352 e. The Hall–Kier alpha value is -3.19. The lowest BCUT2D eigenvalue weighted by molar-refractivity contribution is -0.141. The van der Waals surface area contributed by atoms with Crippen LogP contribution in [0.2, 0.25) is 5.02 Å². The zero-order chi connectivity index (χ0) is 25.5. The van der Waals surface area contributed by atoms with Crippen LogP contribution in [0.5, 0.6) is 0 Å². The Bertz CT molecular complexity index is 1050. The number of fused-ring (bicyclic) bond motifs is 1. The monoisotopic (exact) mass is 497 g/mol. The third kappa shape index (κ3) is 6.28. The van der Waals surface area contributed by atoms with E-state index in [1.165, 1.54) is 4.90 Å². The molecule has 3 rings (SSSR count). The Morgan fingerprint density at radius 2 is 1.57 bits per heavy atom. The Morgan fingerprint density at radius 1 is 0.971 bits per heavy atom. The molecule has 2 atom stereocenters. The van der Waals surface area contributed by atoms with Crippen molar-refractivity contribution in [2.75, 3.05) is 6.54 Å². The number of carbonyl (C=O) groups excluding carboxylic acids is 4. The molecule has 0 saturated carbocycles. The molecule has 0 aliphatic carbocycles. The first kappa shape index (κ1) is 26.4. The maximum Gasteiger partial charge on any atom is 0.261 e. The molecule has 1 aliphatic heterocycles. The van der Waals surface area contributed by atoms with Gasteiger partial charge in [-0.25, -0.2) is 0 Å². The van der Waals surface area contributed by atoms with Crippen molar-refractivity contribution in [3.8, 4) is 0 Å². The standard InChI is InChI=1S/C27H32ClN3O4/c1-4-18(3)29-25(33)23(5-2)31(17-19-12-14-20(28)15-13-19)24(32)11-8-16-30-26(34)21-9-6-7-10-22(21)27(30)35/h6-7,9-10,12-15,18,23H,4-5,8,11,16-17H2,1-3H3,(H,29,33)/t18-,23-/m1/s1. The van der Waals surface area contributed by atoms with Crippen LogP contribution in [-0.2, 0) is 16.1 Å². The van der Waals surface area contributed by atoms with E-state index in [-0.39, 0.29) is 49.2 Å². The number of nitrogens with zero attached hydrogens (tertiary/aromatic N) is 2. The van der Waals surface area contributed by atoms with Crippen molar-refractivity contribution in [3.63, 3.8) is 0 Å². The minimum absolute atomic E-state index is 0.00198. The highest BCUT2D eigenvalue weighted by atomic mass is 35.5. The number of carbonyl (C=O) groups is 4. The summed E-state index contributed by atoms with van der Waals surface area (Å²) in [4.78, 5) is 54.4. The summed E-state index contributed by atoms with van der Waals surface area (Å²) in [5.74, 6) is -1.07. The van der Waals surface area contributed by atoms with Crippen molar-refractivity contribution < 1.29 is 19.2 Å². The molecule has 0 bridgehead atoms. The second kappa shape index (κ2) is 12.0. The SMILES string of the molecule is CC[C@@H](C)NC(=O)[C@@H](CC)N(Cc1ccc(Cl)cc1)C(=O)CCCN1C(=O)c2ccccc2C1=O. The first-order valence-electron chi connectivity index (χ1n) is 12.1. The fourth-order valence-electron chi connectivity index (χ4n) is 4.12.